The van der Waals surface area contributed by atoms with Crippen molar-refractivity contribution in [1.82, 2.24) is 15.1 Å². The van der Waals surface area contributed by atoms with Crippen molar-refractivity contribution in [1.29, 1.82) is 0 Å². The maximum Gasteiger partial charge on any atom is 0.322 e. The fourth-order valence-corrected chi connectivity index (χ4v) is 4.72. The predicted octanol–water partition coefficient (Wildman–Crippen LogP) is 4.35. The van der Waals surface area contributed by atoms with E-state index in [9.17, 15) is 14.4 Å². The average Bonchev–Trinajstić information content (AvgIpc) is 3.22. The van der Waals surface area contributed by atoms with Gasteiger partial charge in [0.05, 0.1) is 23.9 Å². The highest BCUT2D eigenvalue weighted by molar-refractivity contribution is 6.31. The molecule has 8 nitrogen and oxygen atoms in total. The Morgan fingerprint density at radius 2 is 1.81 bits per heavy atom. The molecule has 0 bridgehead atoms. The van der Waals surface area contributed by atoms with Gasteiger partial charge in [-0.3, -0.25) is 14.5 Å². The third-order valence-corrected chi connectivity index (χ3v) is 6.70. The molecular formula is C28H25ClN4O4. The number of benzene rings is 3. The fraction of sp³-hybridized carbons (Fsp3) is 0.179. The lowest BCUT2D eigenvalue weighted by atomic mass is 9.96. The van der Waals surface area contributed by atoms with Crippen molar-refractivity contribution in [2.45, 2.75) is 12.6 Å². The summed E-state index contributed by atoms with van der Waals surface area (Å²) in [6.07, 6.45) is 0. The second kappa shape index (κ2) is 10.4. The summed E-state index contributed by atoms with van der Waals surface area (Å²) in [5, 5.41) is 6.13. The molecule has 2 N–H and O–H groups in total. The first-order valence-corrected chi connectivity index (χ1v) is 12.2. The molecule has 0 spiro atoms. The summed E-state index contributed by atoms with van der Waals surface area (Å²) in [5.74, 6) is -0.0590. The Bertz CT molecular complexity index is 1390. The van der Waals surface area contributed by atoms with E-state index in [1.54, 1.807) is 49.5 Å². The van der Waals surface area contributed by atoms with Crippen LogP contribution in [0.15, 0.2) is 90.1 Å². The minimum Gasteiger partial charge on any atom is -0.489 e. The number of nitrogens with zero attached hydrogens (tertiary/aromatic N) is 2. The summed E-state index contributed by atoms with van der Waals surface area (Å²) in [5.41, 5.74) is 3.20. The van der Waals surface area contributed by atoms with E-state index < -0.39 is 6.04 Å². The molecule has 3 aromatic rings. The minimum absolute atomic E-state index is 0.146. The molecule has 0 aliphatic carbocycles. The van der Waals surface area contributed by atoms with Crippen molar-refractivity contribution in [2.24, 2.45) is 0 Å². The number of rotatable bonds is 7. The maximum absolute atomic E-state index is 13.4. The Morgan fingerprint density at radius 1 is 1.05 bits per heavy atom. The van der Waals surface area contributed by atoms with Gasteiger partial charge in [0, 0.05) is 23.8 Å². The summed E-state index contributed by atoms with van der Waals surface area (Å²) in [6.45, 7) is 0.384. The molecule has 0 fully saturated rings. The molecule has 2 aliphatic rings. The van der Waals surface area contributed by atoms with Gasteiger partial charge in [0.1, 0.15) is 18.9 Å². The summed E-state index contributed by atoms with van der Waals surface area (Å²) < 4.78 is 5.84. The average molecular weight is 517 g/mol. The zero-order valence-corrected chi connectivity index (χ0v) is 20.9. The van der Waals surface area contributed by atoms with Crippen LogP contribution in [0.3, 0.4) is 0 Å². The minimum atomic E-state index is -0.689. The van der Waals surface area contributed by atoms with Gasteiger partial charge >= 0.3 is 6.03 Å². The molecule has 0 unspecified atom stereocenters. The van der Waals surface area contributed by atoms with E-state index in [0.29, 0.717) is 39.9 Å². The van der Waals surface area contributed by atoms with Gasteiger partial charge in [-0.25, -0.2) is 4.79 Å². The van der Waals surface area contributed by atoms with E-state index in [1.807, 2.05) is 36.4 Å². The topological polar surface area (TPSA) is 91.0 Å². The molecule has 37 heavy (non-hydrogen) atoms. The molecule has 0 aromatic heterocycles. The second-order valence-corrected chi connectivity index (χ2v) is 9.24. The number of carbonyl (C=O) groups is 3. The first kappa shape index (κ1) is 24.4. The molecule has 5 rings (SSSR count). The molecule has 4 amide bonds. The van der Waals surface area contributed by atoms with Gasteiger partial charge in [0.15, 0.2) is 0 Å². The Hall–Kier alpha value is -4.30. The lowest BCUT2D eigenvalue weighted by Crippen LogP contribution is -2.45. The molecule has 188 valence electrons. The Morgan fingerprint density at radius 3 is 2.59 bits per heavy atom. The SMILES string of the molecule is CN1C(=O)N[C@H](c2ccccc2Cl)C2=C1CN(CC(=O)Nc1cccc(OCc3ccccc3)c1)C2=O. The third-order valence-electron chi connectivity index (χ3n) is 6.35. The van der Waals surface area contributed by atoms with Gasteiger partial charge in [-0.1, -0.05) is 66.2 Å². The lowest BCUT2D eigenvalue weighted by Gasteiger charge is -2.31. The first-order valence-electron chi connectivity index (χ1n) is 11.8. The van der Waals surface area contributed by atoms with Gasteiger partial charge < -0.3 is 20.3 Å². The summed E-state index contributed by atoms with van der Waals surface area (Å²) in [6, 6.07) is 22.9. The van der Waals surface area contributed by atoms with E-state index in [-0.39, 0.29) is 30.9 Å². The van der Waals surface area contributed by atoms with E-state index >= 15 is 0 Å². The van der Waals surface area contributed by atoms with Crippen LogP contribution in [-0.4, -0.2) is 47.8 Å². The van der Waals surface area contributed by atoms with Crippen molar-refractivity contribution in [3.63, 3.8) is 0 Å². The number of carbonyl (C=O) groups excluding carboxylic acids is 3. The van der Waals surface area contributed by atoms with E-state index in [1.165, 1.54) is 9.80 Å². The molecule has 0 saturated carbocycles. The molecule has 9 heteroatoms. The summed E-state index contributed by atoms with van der Waals surface area (Å²) >= 11 is 6.37. The Kier molecular flexibility index (Phi) is 6.83. The van der Waals surface area contributed by atoms with Crippen LogP contribution in [-0.2, 0) is 16.2 Å². The highest BCUT2D eigenvalue weighted by atomic mass is 35.5. The van der Waals surface area contributed by atoms with E-state index in [4.69, 9.17) is 16.3 Å². The van der Waals surface area contributed by atoms with Crippen LogP contribution in [0.2, 0.25) is 5.02 Å². The van der Waals surface area contributed by atoms with Crippen molar-refractivity contribution < 1.29 is 19.1 Å². The summed E-state index contributed by atoms with van der Waals surface area (Å²) in [4.78, 5) is 41.7. The lowest BCUT2D eigenvalue weighted by molar-refractivity contribution is -0.130. The van der Waals surface area contributed by atoms with Crippen LogP contribution in [0, 0.1) is 0 Å². The molecule has 2 aliphatic heterocycles. The third kappa shape index (κ3) is 5.15. The number of halogens is 1. The van der Waals surface area contributed by atoms with Crippen LogP contribution >= 0.6 is 11.6 Å². The van der Waals surface area contributed by atoms with Crippen LogP contribution in [0.25, 0.3) is 0 Å². The van der Waals surface area contributed by atoms with Gasteiger partial charge in [0.25, 0.3) is 5.91 Å². The molecular weight excluding hydrogens is 492 g/mol. The number of hydrogen-bond acceptors (Lipinski definition) is 4. The number of nitrogens with one attached hydrogen (secondary N) is 2. The van der Waals surface area contributed by atoms with Gasteiger partial charge in [-0.2, -0.15) is 0 Å². The second-order valence-electron chi connectivity index (χ2n) is 8.83. The molecule has 1 atom stereocenters. The standard InChI is InChI=1S/C28H25ClN4O4/c1-32-23-15-33(27(35)25(23)26(31-28(32)36)21-12-5-6-13-22(21)29)16-24(34)30-19-10-7-11-20(14-19)37-17-18-8-3-2-4-9-18/h2-14,26H,15-17H2,1H3,(H,30,34)(H,31,36)/t26-/m1/s1. The Balaban J connectivity index is 1.26. The highest BCUT2D eigenvalue weighted by Gasteiger charge is 2.43. The highest BCUT2D eigenvalue weighted by Crippen LogP contribution is 2.37. The largest absolute Gasteiger partial charge is 0.489 e. The molecule has 0 saturated heterocycles. The van der Waals surface area contributed by atoms with Gasteiger partial charge in [-0.05, 0) is 29.3 Å². The first-order chi connectivity index (χ1) is 17.9. The van der Waals surface area contributed by atoms with Crippen LogP contribution in [0.4, 0.5) is 10.5 Å². The zero-order chi connectivity index (χ0) is 25.9. The molecule has 0 radical (unpaired) electrons. The van der Waals surface area contributed by atoms with Crippen LogP contribution in [0.1, 0.15) is 17.2 Å². The van der Waals surface area contributed by atoms with E-state index in [0.717, 1.165) is 5.56 Å². The predicted molar refractivity (Wildman–Crippen MR) is 140 cm³/mol. The van der Waals surface area contributed by atoms with Gasteiger partial charge in [-0.15, -0.1) is 0 Å². The smallest absolute Gasteiger partial charge is 0.322 e. The van der Waals surface area contributed by atoms with Crippen molar-refractivity contribution in [3.8, 4) is 5.75 Å². The zero-order valence-electron chi connectivity index (χ0n) is 20.1. The number of likely N-dealkylation sites (N-methyl/N-ethyl adjacent to an activating group) is 1. The van der Waals surface area contributed by atoms with Crippen molar-refractivity contribution in [3.05, 3.63) is 106 Å². The van der Waals surface area contributed by atoms with Crippen LogP contribution < -0.4 is 15.4 Å². The Labute approximate surface area is 219 Å². The molecule has 2 heterocycles. The number of anilines is 1. The van der Waals surface area contributed by atoms with Crippen LogP contribution in [0.5, 0.6) is 5.75 Å². The van der Waals surface area contributed by atoms with Gasteiger partial charge in [0.2, 0.25) is 5.91 Å². The van der Waals surface area contributed by atoms with Crippen molar-refractivity contribution in [2.75, 3.05) is 25.5 Å². The number of hydrogen-bond donors (Lipinski definition) is 2. The fourth-order valence-electron chi connectivity index (χ4n) is 4.47. The van der Waals surface area contributed by atoms with Crippen molar-refractivity contribution >= 4 is 35.1 Å². The number of amides is 4. The number of ether oxygens (including phenoxy) is 1. The molecule has 3 aromatic carbocycles. The normalized spacial score (nSPS) is 17.0. The summed E-state index contributed by atoms with van der Waals surface area (Å²) in [7, 11) is 1.60. The van der Waals surface area contributed by atoms with E-state index in [2.05, 4.69) is 10.6 Å². The maximum atomic E-state index is 13.4. The quantitative estimate of drug-likeness (QED) is 0.488. The monoisotopic (exact) mass is 516 g/mol. The number of urea groups is 1.